The zero-order valence-electron chi connectivity index (χ0n) is 20.4. The maximum Gasteiger partial charge on any atom is 0.252 e. The van der Waals surface area contributed by atoms with Gasteiger partial charge in [0.15, 0.2) is 0 Å². The number of aromatic amines is 1. The Hall–Kier alpha value is -3.68. The van der Waals surface area contributed by atoms with Crippen LogP contribution in [0.3, 0.4) is 0 Å². The summed E-state index contributed by atoms with van der Waals surface area (Å²) >= 11 is 0. The van der Waals surface area contributed by atoms with Crippen molar-refractivity contribution in [3.05, 3.63) is 117 Å². The molecule has 34 heavy (non-hydrogen) atoms. The van der Waals surface area contributed by atoms with Crippen molar-refractivity contribution in [1.29, 1.82) is 5.26 Å². The first-order valence-electron chi connectivity index (χ1n) is 11.6. The molecule has 0 atom stereocenters. The standard InChI is InChI=1S/C30H31N3O/c1-21-5-14-28-25(15-21)16-26(29(34)32-28)20-33(18-23-8-6-22(17-31)7-9-23)19-24-10-12-27(13-11-24)30(2,3)4/h5-16H,18-20H2,1-4H3,(H,32,34). The molecule has 1 N–H and O–H groups in total. The summed E-state index contributed by atoms with van der Waals surface area (Å²) in [6.45, 7) is 10.6. The third-order valence-electron chi connectivity index (χ3n) is 6.19. The minimum absolute atomic E-state index is 0.0516. The Labute approximate surface area is 201 Å². The van der Waals surface area contributed by atoms with E-state index in [1.165, 1.54) is 16.7 Å². The van der Waals surface area contributed by atoms with Gasteiger partial charge in [-0.1, -0.05) is 68.8 Å². The van der Waals surface area contributed by atoms with Crippen LogP contribution in [0.2, 0.25) is 0 Å². The third-order valence-corrected chi connectivity index (χ3v) is 6.19. The van der Waals surface area contributed by atoms with E-state index in [1.54, 1.807) is 0 Å². The number of aryl methyl sites for hydroxylation is 1. The fourth-order valence-corrected chi connectivity index (χ4v) is 4.21. The van der Waals surface area contributed by atoms with Crippen LogP contribution in [0, 0.1) is 18.3 Å². The van der Waals surface area contributed by atoms with Gasteiger partial charge in [0.05, 0.1) is 11.6 Å². The molecule has 0 fully saturated rings. The Bertz CT molecular complexity index is 1390. The van der Waals surface area contributed by atoms with Gasteiger partial charge in [-0.15, -0.1) is 0 Å². The highest BCUT2D eigenvalue weighted by Crippen LogP contribution is 2.23. The molecule has 0 aliphatic heterocycles. The van der Waals surface area contributed by atoms with E-state index in [0.717, 1.165) is 28.6 Å². The summed E-state index contributed by atoms with van der Waals surface area (Å²) in [6.07, 6.45) is 0. The van der Waals surface area contributed by atoms with E-state index >= 15 is 0 Å². The summed E-state index contributed by atoms with van der Waals surface area (Å²) in [4.78, 5) is 18.2. The van der Waals surface area contributed by atoms with E-state index in [9.17, 15) is 4.79 Å². The average Bonchev–Trinajstić information content (AvgIpc) is 2.80. The lowest BCUT2D eigenvalue weighted by atomic mass is 9.87. The summed E-state index contributed by atoms with van der Waals surface area (Å²) in [5.74, 6) is 0. The fraction of sp³-hybridized carbons (Fsp3) is 0.267. The number of rotatable bonds is 6. The first-order chi connectivity index (χ1) is 16.2. The van der Waals surface area contributed by atoms with Gasteiger partial charge in [0.1, 0.15) is 0 Å². The lowest BCUT2D eigenvalue weighted by Gasteiger charge is -2.24. The van der Waals surface area contributed by atoms with Gasteiger partial charge in [-0.3, -0.25) is 9.69 Å². The van der Waals surface area contributed by atoms with Crippen LogP contribution in [0.25, 0.3) is 10.9 Å². The average molecular weight is 450 g/mol. The number of benzene rings is 3. The number of fused-ring (bicyclic) bond motifs is 1. The smallest absolute Gasteiger partial charge is 0.252 e. The molecule has 0 amide bonds. The van der Waals surface area contributed by atoms with Crippen LogP contribution in [-0.4, -0.2) is 9.88 Å². The zero-order chi connectivity index (χ0) is 24.3. The van der Waals surface area contributed by atoms with Crippen molar-refractivity contribution in [3.63, 3.8) is 0 Å². The number of hydrogen-bond acceptors (Lipinski definition) is 3. The number of nitrogens with one attached hydrogen (secondary N) is 1. The quantitative estimate of drug-likeness (QED) is 0.381. The zero-order valence-corrected chi connectivity index (χ0v) is 20.4. The third kappa shape index (κ3) is 5.62. The van der Waals surface area contributed by atoms with Crippen molar-refractivity contribution in [2.24, 2.45) is 0 Å². The van der Waals surface area contributed by atoms with Gasteiger partial charge >= 0.3 is 0 Å². The molecule has 0 bridgehead atoms. The molecule has 0 aliphatic carbocycles. The summed E-state index contributed by atoms with van der Waals surface area (Å²) in [7, 11) is 0. The highest BCUT2D eigenvalue weighted by Gasteiger charge is 2.15. The van der Waals surface area contributed by atoms with Crippen LogP contribution in [0.5, 0.6) is 0 Å². The van der Waals surface area contributed by atoms with Crippen LogP contribution < -0.4 is 5.56 Å². The van der Waals surface area contributed by atoms with E-state index in [0.29, 0.717) is 18.7 Å². The Kier molecular flexibility index (Phi) is 6.68. The molecule has 4 aromatic rings. The first kappa shape index (κ1) is 23.5. The van der Waals surface area contributed by atoms with E-state index in [1.807, 2.05) is 42.5 Å². The van der Waals surface area contributed by atoms with Gasteiger partial charge in [-0.25, -0.2) is 0 Å². The predicted molar refractivity (Wildman–Crippen MR) is 139 cm³/mol. The number of aromatic nitrogens is 1. The normalized spacial score (nSPS) is 11.6. The highest BCUT2D eigenvalue weighted by atomic mass is 16.1. The minimum atomic E-state index is -0.0516. The van der Waals surface area contributed by atoms with Crippen molar-refractivity contribution < 1.29 is 0 Å². The molecule has 0 saturated heterocycles. The monoisotopic (exact) mass is 449 g/mol. The predicted octanol–water partition coefficient (Wildman–Crippen LogP) is 6.21. The molecule has 3 aromatic carbocycles. The molecule has 0 aliphatic rings. The van der Waals surface area contributed by atoms with Crippen LogP contribution in [0.1, 0.15) is 54.2 Å². The van der Waals surface area contributed by atoms with Crippen molar-refractivity contribution in [1.82, 2.24) is 9.88 Å². The SMILES string of the molecule is Cc1ccc2[nH]c(=O)c(CN(Cc3ccc(C#N)cc3)Cc3ccc(C(C)(C)C)cc3)cc2c1. The lowest BCUT2D eigenvalue weighted by molar-refractivity contribution is 0.247. The minimum Gasteiger partial charge on any atom is -0.322 e. The number of nitriles is 1. The number of nitrogens with zero attached hydrogens (tertiary/aromatic N) is 2. The highest BCUT2D eigenvalue weighted by molar-refractivity contribution is 5.79. The number of pyridine rings is 1. The molecular formula is C30H31N3O. The van der Waals surface area contributed by atoms with Crippen molar-refractivity contribution in [3.8, 4) is 6.07 Å². The summed E-state index contributed by atoms with van der Waals surface area (Å²) in [5.41, 5.74) is 7.09. The number of H-pyrrole nitrogens is 1. The van der Waals surface area contributed by atoms with E-state index in [-0.39, 0.29) is 11.0 Å². The van der Waals surface area contributed by atoms with E-state index in [4.69, 9.17) is 5.26 Å². The Morgan fingerprint density at radius 2 is 1.47 bits per heavy atom. The molecule has 4 rings (SSSR count). The fourth-order valence-electron chi connectivity index (χ4n) is 4.21. The Balaban J connectivity index is 1.64. The van der Waals surface area contributed by atoms with Crippen molar-refractivity contribution in [2.75, 3.05) is 0 Å². The van der Waals surface area contributed by atoms with Crippen LogP contribution in [-0.2, 0) is 25.0 Å². The molecular weight excluding hydrogens is 418 g/mol. The summed E-state index contributed by atoms with van der Waals surface area (Å²) < 4.78 is 0. The molecule has 0 unspecified atom stereocenters. The van der Waals surface area contributed by atoms with E-state index in [2.05, 4.69) is 74.0 Å². The summed E-state index contributed by atoms with van der Waals surface area (Å²) in [6, 6.07) is 26.7. The summed E-state index contributed by atoms with van der Waals surface area (Å²) in [5, 5.41) is 10.2. The van der Waals surface area contributed by atoms with Gasteiger partial charge in [0.2, 0.25) is 0 Å². The van der Waals surface area contributed by atoms with Gasteiger partial charge in [-0.05, 0) is 64.7 Å². The molecule has 4 heteroatoms. The van der Waals surface area contributed by atoms with Crippen LogP contribution in [0.15, 0.2) is 77.6 Å². The Morgan fingerprint density at radius 3 is 2.06 bits per heavy atom. The molecule has 0 spiro atoms. The van der Waals surface area contributed by atoms with Crippen LogP contribution in [0.4, 0.5) is 0 Å². The molecule has 1 heterocycles. The first-order valence-corrected chi connectivity index (χ1v) is 11.6. The van der Waals surface area contributed by atoms with Crippen molar-refractivity contribution in [2.45, 2.75) is 52.7 Å². The van der Waals surface area contributed by atoms with Crippen molar-refractivity contribution >= 4 is 10.9 Å². The van der Waals surface area contributed by atoms with Gasteiger partial charge in [0.25, 0.3) is 5.56 Å². The van der Waals surface area contributed by atoms with Gasteiger partial charge in [0, 0.05) is 30.7 Å². The lowest BCUT2D eigenvalue weighted by Crippen LogP contribution is -2.26. The second kappa shape index (κ2) is 9.67. The van der Waals surface area contributed by atoms with Gasteiger partial charge in [-0.2, -0.15) is 5.26 Å². The molecule has 172 valence electrons. The van der Waals surface area contributed by atoms with E-state index < -0.39 is 0 Å². The molecule has 0 radical (unpaired) electrons. The maximum atomic E-state index is 12.9. The second-order valence-corrected chi connectivity index (χ2v) is 10.1. The molecule has 0 saturated carbocycles. The second-order valence-electron chi connectivity index (χ2n) is 10.1. The molecule has 4 nitrogen and oxygen atoms in total. The molecule has 1 aromatic heterocycles. The largest absolute Gasteiger partial charge is 0.322 e. The topological polar surface area (TPSA) is 59.9 Å². The maximum absolute atomic E-state index is 12.9. The van der Waals surface area contributed by atoms with Crippen LogP contribution >= 0.6 is 0 Å². The number of hydrogen-bond donors (Lipinski definition) is 1. The van der Waals surface area contributed by atoms with Gasteiger partial charge < -0.3 is 4.98 Å². The Morgan fingerprint density at radius 1 is 0.853 bits per heavy atom.